The number of phosphoric acid groups is 2. The molecule has 0 radical (unpaired) electrons. The number of carbonyl (C=O) groups excluding carboxylic acids is 4. The van der Waals surface area contributed by atoms with Crippen molar-refractivity contribution in [3.05, 3.63) is 0 Å². The Kier molecular flexibility index (Phi) is 75.6. The number of aliphatic hydroxyl groups is 1. The quantitative estimate of drug-likeness (QED) is 0.0222. The normalized spacial score (nSPS) is 14.4. The molecule has 106 heavy (non-hydrogen) atoms. The van der Waals surface area contributed by atoms with Crippen LogP contribution in [0.4, 0.5) is 0 Å². The van der Waals surface area contributed by atoms with Crippen molar-refractivity contribution < 1.29 is 80.2 Å². The van der Waals surface area contributed by atoms with Crippen molar-refractivity contribution in [3.8, 4) is 0 Å². The Morgan fingerprint density at radius 3 is 0.717 bits per heavy atom. The Morgan fingerprint density at radius 2 is 0.481 bits per heavy atom. The van der Waals surface area contributed by atoms with E-state index >= 15 is 0 Å². The molecule has 0 bridgehead atoms. The molecule has 3 N–H and O–H groups in total. The first-order chi connectivity index (χ1) is 51.3. The fraction of sp³-hybridized carbons (Fsp3) is 0.954. The van der Waals surface area contributed by atoms with Gasteiger partial charge in [0.2, 0.25) is 0 Å². The summed E-state index contributed by atoms with van der Waals surface area (Å²) in [6.07, 6.45) is 68.1. The minimum Gasteiger partial charge on any atom is -0.462 e. The Balaban J connectivity index is 5.23. The van der Waals surface area contributed by atoms with Crippen LogP contribution in [-0.4, -0.2) is 96.7 Å². The maximum atomic E-state index is 13.2. The van der Waals surface area contributed by atoms with Crippen molar-refractivity contribution in [1.29, 1.82) is 0 Å². The molecule has 0 aromatic rings. The van der Waals surface area contributed by atoms with Gasteiger partial charge in [0.05, 0.1) is 26.4 Å². The second kappa shape index (κ2) is 77.0. The monoisotopic (exact) mass is 1550 g/mol. The van der Waals surface area contributed by atoms with Gasteiger partial charge in [0.1, 0.15) is 19.3 Å². The molecule has 0 aliphatic heterocycles. The summed E-state index contributed by atoms with van der Waals surface area (Å²) in [6, 6.07) is 0. The molecule has 7 atom stereocenters. The molecule has 0 fully saturated rings. The van der Waals surface area contributed by atoms with E-state index in [1.54, 1.807) is 0 Å². The SMILES string of the molecule is CCCCCCCCCCCCCCCCCCCCC(=O)OC[C@H](COP(=O)(O)OC[C@@H](O)COP(=O)(O)OC[C@@H](COC(=O)CCCCCCCCC(C)CC)OC(=O)CCCCCCCCCCCCCCCC(C)C)OC(=O)CCCCCCCCCCCCCCCCCCCCC(C)CC. The second-order valence-corrected chi connectivity index (χ2v) is 35.1. The second-order valence-electron chi connectivity index (χ2n) is 32.2. The van der Waals surface area contributed by atoms with Crippen LogP contribution in [0.5, 0.6) is 0 Å². The van der Waals surface area contributed by atoms with Crippen molar-refractivity contribution >= 4 is 39.5 Å². The molecule has 19 heteroatoms. The number of rotatable bonds is 85. The lowest BCUT2D eigenvalue weighted by atomic mass is 9.99. The number of hydrogen-bond acceptors (Lipinski definition) is 15. The van der Waals surface area contributed by atoms with Crippen LogP contribution in [-0.2, 0) is 65.4 Å². The van der Waals surface area contributed by atoms with Gasteiger partial charge in [-0.1, -0.05) is 408 Å². The van der Waals surface area contributed by atoms with E-state index in [0.717, 1.165) is 114 Å². The third-order valence-corrected chi connectivity index (χ3v) is 23.0. The van der Waals surface area contributed by atoms with Crippen molar-refractivity contribution in [2.24, 2.45) is 17.8 Å². The average molecular weight is 1550 g/mol. The van der Waals surface area contributed by atoms with Gasteiger partial charge in [-0.3, -0.25) is 37.3 Å². The van der Waals surface area contributed by atoms with Gasteiger partial charge in [-0.15, -0.1) is 0 Å². The van der Waals surface area contributed by atoms with E-state index in [1.807, 2.05) is 0 Å². The zero-order valence-electron chi connectivity index (χ0n) is 69.9. The molecule has 0 saturated heterocycles. The fourth-order valence-electron chi connectivity index (χ4n) is 13.5. The Labute approximate surface area is 651 Å². The van der Waals surface area contributed by atoms with E-state index in [1.165, 1.54) is 263 Å². The number of phosphoric ester groups is 2. The standard InChI is InChI=1S/C87H170O17P2/c1-8-11-12-13-14-15-16-17-18-19-23-26-31-36-41-46-54-61-68-84(89)97-74-82(103-86(91)70-63-56-47-42-37-32-27-24-21-20-22-25-30-35-40-45-52-59-66-79(6)9-2)76-101-105(93,94)99-72-81(88)73-100-106(95,96)102-77-83(75-98-85(90)69-62-55-50-49-53-60-67-80(7)10-3)104-87(92)71-64-57-48-43-38-33-28-29-34-39-44-51-58-65-78(4)5/h78-83,88H,8-77H2,1-7H3,(H,93,94)(H,95,96)/t79?,80?,81-,82-,83-/m1/s1. The summed E-state index contributed by atoms with van der Waals surface area (Å²) in [5.41, 5.74) is 0. The highest BCUT2D eigenvalue weighted by molar-refractivity contribution is 7.47. The summed E-state index contributed by atoms with van der Waals surface area (Å²) in [4.78, 5) is 73.2. The Bertz CT molecular complexity index is 2050. The number of aliphatic hydroxyl groups excluding tert-OH is 1. The largest absolute Gasteiger partial charge is 0.472 e. The van der Waals surface area contributed by atoms with Crippen LogP contribution in [0, 0.1) is 17.8 Å². The number of ether oxygens (including phenoxy) is 4. The van der Waals surface area contributed by atoms with E-state index in [0.29, 0.717) is 25.7 Å². The molecule has 0 heterocycles. The van der Waals surface area contributed by atoms with Crippen LogP contribution >= 0.6 is 15.6 Å². The first-order valence-electron chi connectivity index (χ1n) is 44.9. The molecule has 4 unspecified atom stereocenters. The molecular weight excluding hydrogens is 1380 g/mol. The number of hydrogen-bond donors (Lipinski definition) is 3. The molecule has 0 saturated carbocycles. The zero-order chi connectivity index (χ0) is 77.9. The molecule has 630 valence electrons. The Hall–Kier alpha value is -1.94. The smallest absolute Gasteiger partial charge is 0.462 e. The number of unbranched alkanes of at least 4 members (excludes halogenated alkanes) is 51. The van der Waals surface area contributed by atoms with E-state index in [9.17, 15) is 43.2 Å². The molecule has 0 aliphatic rings. The molecule has 17 nitrogen and oxygen atoms in total. The molecule has 0 spiro atoms. The van der Waals surface area contributed by atoms with Gasteiger partial charge in [0, 0.05) is 25.7 Å². The molecule has 0 aromatic heterocycles. The molecule has 0 amide bonds. The third kappa shape index (κ3) is 77.4. The summed E-state index contributed by atoms with van der Waals surface area (Å²) in [6.45, 7) is 12.0. The molecule has 0 aromatic carbocycles. The van der Waals surface area contributed by atoms with Crippen LogP contribution in [0.3, 0.4) is 0 Å². The summed E-state index contributed by atoms with van der Waals surface area (Å²) in [5, 5.41) is 10.7. The van der Waals surface area contributed by atoms with E-state index in [-0.39, 0.29) is 25.7 Å². The first-order valence-corrected chi connectivity index (χ1v) is 47.9. The zero-order valence-corrected chi connectivity index (χ0v) is 71.7. The van der Waals surface area contributed by atoms with Crippen LogP contribution in [0.2, 0.25) is 0 Å². The van der Waals surface area contributed by atoms with E-state index in [2.05, 4.69) is 48.5 Å². The van der Waals surface area contributed by atoms with Crippen molar-refractivity contribution in [2.75, 3.05) is 39.6 Å². The minimum atomic E-state index is -4.97. The predicted octanol–water partition coefficient (Wildman–Crippen LogP) is 26.5. The summed E-state index contributed by atoms with van der Waals surface area (Å²) in [5.74, 6) is 0.284. The van der Waals surface area contributed by atoms with Gasteiger partial charge < -0.3 is 33.8 Å². The minimum absolute atomic E-state index is 0.106. The average Bonchev–Trinajstić information content (AvgIpc) is 0.909. The van der Waals surface area contributed by atoms with Gasteiger partial charge in [-0.2, -0.15) is 0 Å². The highest BCUT2D eigenvalue weighted by Crippen LogP contribution is 2.45. The lowest BCUT2D eigenvalue weighted by Gasteiger charge is -2.21. The van der Waals surface area contributed by atoms with Gasteiger partial charge in [0.25, 0.3) is 0 Å². The maximum absolute atomic E-state index is 13.2. The highest BCUT2D eigenvalue weighted by Gasteiger charge is 2.31. The summed E-state index contributed by atoms with van der Waals surface area (Å²) >= 11 is 0. The lowest BCUT2D eigenvalue weighted by molar-refractivity contribution is -0.161. The topological polar surface area (TPSA) is 237 Å². The van der Waals surface area contributed by atoms with Crippen molar-refractivity contribution in [3.63, 3.8) is 0 Å². The summed E-state index contributed by atoms with van der Waals surface area (Å²) < 4.78 is 68.9. The summed E-state index contributed by atoms with van der Waals surface area (Å²) in [7, 11) is -9.93. The van der Waals surface area contributed by atoms with E-state index < -0.39 is 97.5 Å². The van der Waals surface area contributed by atoms with Gasteiger partial charge in [-0.05, 0) is 43.4 Å². The predicted molar refractivity (Wildman–Crippen MR) is 437 cm³/mol. The van der Waals surface area contributed by atoms with Gasteiger partial charge in [0.15, 0.2) is 12.2 Å². The number of esters is 4. The van der Waals surface area contributed by atoms with Crippen molar-refractivity contribution in [1.82, 2.24) is 0 Å². The first kappa shape index (κ1) is 104. The van der Waals surface area contributed by atoms with E-state index in [4.69, 9.17) is 37.0 Å². The van der Waals surface area contributed by atoms with Gasteiger partial charge >= 0.3 is 39.5 Å². The lowest BCUT2D eigenvalue weighted by Crippen LogP contribution is -2.30. The molecule has 0 rings (SSSR count). The maximum Gasteiger partial charge on any atom is 0.472 e. The van der Waals surface area contributed by atoms with Crippen LogP contribution < -0.4 is 0 Å². The molecule has 0 aliphatic carbocycles. The fourth-order valence-corrected chi connectivity index (χ4v) is 15.1. The van der Waals surface area contributed by atoms with Gasteiger partial charge in [-0.25, -0.2) is 9.13 Å². The van der Waals surface area contributed by atoms with Crippen LogP contribution in [0.1, 0.15) is 459 Å². The highest BCUT2D eigenvalue weighted by atomic mass is 31.2. The molecular formula is C87H170O17P2. The Morgan fingerprint density at radius 1 is 0.274 bits per heavy atom. The third-order valence-electron chi connectivity index (χ3n) is 21.1. The van der Waals surface area contributed by atoms with Crippen LogP contribution in [0.15, 0.2) is 0 Å². The van der Waals surface area contributed by atoms with Crippen molar-refractivity contribution in [2.45, 2.75) is 478 Å². The number of carbonyl (C=O) groups is 4. The van der Waals surface area contributed by atoms with Crippen LogP contribution in [0.25, 0.3) is 0 Å².